The molecule has 7 nitrogen and oxygen atoms in total. The third-order valence-corrected chi connectivity index (χ3v) is 3.37. The Morgan fingerprint density at radius 3 is 2.82 bits per heavy atom. The predicted molar refractivity (Wildman–Crippen MR) is 83.9 cm³/mol. The summed E-state index contributed by atoms with van der Waals surface area (Å²) in [7, 11) is 5.54. The van der Waals surface area contributed by atoms with E-state index in [1.165, 1.54) is 0 Å². The summed E-state index contributed by atoms with van der Waals surface area (Å²) >= 11 is 0. The number of nitrogens with zero attached hydrogens (tertiary/aromatic N) is 4. The van der Waals surface area contributed by atoms with Gasteiger partial charge in [0.2, 0.25) is 5.91 Å². The Balaban J connectivity index is 1.75. The fourth-order valence-corrected chi connectivity index (χ4v) is 2.35. The van der Waals surface area contributed by atoms with E-state index in [0.29, 0.717) is 6.01 Å². The Kier molecular flexibility index (Phi) is 3.54. The molecular formula is C15H17N5O2. The second-order valence-electron chi connectivity index (χ2n) is 5.29. The zero-order valence-electron chi connectivity index (χ0n) is 12.7. The maximum absolute atomic E-state index is 12.2. The average Bonchev–Trinajstić information content (AvgIpc) is 3.06. The number of rotatable bonds is 4. The second kappa shape index (κ2) is 5.51. The molecule has 0 fully saturated rings. The third kappa shape index (κ3) is 2.65. The smallest absolute Gasteiger partial charge is 0.323 e. The number of nitrogens with one attached hydrogen (secondary N) is 1. The van der Waals surface area contributed by atoms with E-state index in [9.17, 15) is 4.79 Å². The molecule has 3 rings (SSSR count). The first kappa shape index (κ1) is 14.1. The average molecular weight is 299 g/mol. The van der Waals surface area contributed by atoms with E-state index in [0.717, 1.165) is 16.5 Å². The summed E-state index contributed by atoms with van der Waals surface area (Å²) in [5.74, 6) is -0.190. The van der Waals surface area contributed by atoms with E-state index >= 15 is 0 Å². The van der Waals surface area contributed by atoms with Gasteiger partial charge in [-0.25, -0.2) is 0 Å². The van der Waals surface area contributed by atoms with Gasteiger partial charge in [0.25, 0.3) is 0 Å². The Morgan fingerprint density at radius 2 is 2.09 bits per heavy atom. The molecule has 114 valence electrons. The Hall–Kier alpha value is -2.83. The summed E-state index contributed by atoms with van der Waals surface area (Å²) in [4.78, 5) is 13.8. The van der Waals surface area contributed by atoms with Gasteiger partial charge in [-0.15, -0.1) is 0 Å². The van der Waals surface area contributed by atoms with Crippen molar-refractivity contribution in [2.75, 3.05) is 24.3 Å². The van der Waals surface area contributed by atoms with Crippen molar-refractivity contribution < 1.29 is 9.21 Å². The number of hydrogen-bond donors (Lipinski definition) is 1. The van der Waals surface area contributed by atoms with Crippen LogP contribution in [0.25, 0.3) is 10.9 Å². The van der Waals surface area contributed by atoms with Crippen LogP contribution in [0.15, 0.2) is 34.9 Å². The zero-order valence-corrected chi connectivity index (χ0v) is 12.7. The molecule has 0 radical (unpaired) electrons. The zero-order chi connectivity index (χ0) is 15.7. The number of aromatic nitrogens is 3. The van der Waals surface area contributed by atoms with Gasteiger partial charge in [0.05, 0.1) is 6.42 Å². The van der Waals surface area contributed by atoms with Crippen LogP contribution in [-0.4, -0.2) is 34.8 Å². The number of anilines is 2. The highest BCUT2D eigenvalue weighted by Crippen LogP contribution is 2.21. The van der Waals surface area contributed by atoms with E-state index < -0.39 is 0 Å². The number of benzene rings is 1. The number of aryl methyl sites for hydroxylation is 1. The molecule has 0 atom stereocenters. The van der Waals surface area contributed by atoms with Crippen LogP contribution in [0.3, 0.4) is 0 Å². The molecule has 1 amide bonds. The molecule has 0 bridgehead atoms. The molecule has 0 saturated heterocycles. The first-order valence-corrected chi connectivity index (χ1v) is 6.88. The highest BCUT2D eigenvalue weighted by molar-refractivity contribution is 5.94. The van der Waals surface area contributed by atoms with Crippen LogP contribution in [0.2, 0.25) is 0 Å². The van der Waals surface area contributed by atoms with E-state index in [4.69, 9.17) is 4.42 Å². The van der Waals surface area contributed by atoms with Crippen molar-refractivity contribution in [1.82, 2.24) is 14.8 Å². The standard InChI is InChI=1S/C15H17N5O2/c1-19(2)15-18-17-14(22-15)16-13(21)8-10-9-20(3)12-7-5-4-6-11(10)12/h4-7,9H,8H2,1-3H3,(H,16,17,21). The van der Waals surface area contributed by atoms with Crippen LogP contribution in [0.5, 0.6) is 0 Å². The van der Waals surface area contributed by atoms with Crippen LogP contribution in [0.1, 0.15) is 5.56 Å². The molecule has 0 aliphatic carbocycles. The molecule has 2 aromatic heterocycles. The van der Waals surface area contributed by atoms with Crippen LogP contribution in [0.4, 0.5) is 12.0 Å². The number of fused-ring (bicyclic) bond motifs is 1. The lowest BCUT2D eigenvalue weighted by Gasteiger charge is -2.03. The van der Waals surface area contributed by atoms with Gasteiger partial charge < -0.3 is 13.9 Å². The van der Waals surface area contributed by atoms with Crippen molar-refractivity contribution in [2.45, 2.75) is 6.42 Å². The molecule has 7 heteroatoms. The summed E-state index contributed by atoms with van der Waals surface area (Å²) in [5.41, 5.74) is 2.06. The molecule has 3 aromatic rings. The number of hydrogen-bond acceptors (Lipinski definition) is 5. The maximum Gasteiger partial charge on any atom is 0.323 e. The fourth-order valence-electron chi connectivity index (χ4n) is 2.35. The summed E-state index contributed by atoms with van der Waals surface area (Å²) in [6.45, 7) is 0. The van der Waals surface area contributed by atoms with Crippen LogP contribution in [0, 0.1) is 0 Å². The highest BCUT2D eigenvalue weighted by Gasteiger charge is 2.14. The Bertz CT molecular complexity index is 818. The van der Waals surface area contributed by atoms with Crippen molar-refractivity contribution in [2.24, 2.45) is 7.05 Å². The summed E-state index contributed by atoms with van der Waals surface area (Å²) in [5, 5.41) is 11.3. The van der Waals surface area contributed by atoms with Gasteiger partial charge in [0.15, 0.2) is 0 Å². The van der Waals surface area contributed by atoms with Gasteiger partial charge in [-0.05, 0) is 11.6 Å². The molecule has 2 heterocycles. The van der Waals surface area contributed by atoms with Gasteiger partial charge in [-0.1, -0.05) is 28.4 Å². The van der Waals surface area contributed by atoms with Gasteiger partial charge in [-0.3, -0.25) is 10.1 Å². The van der Waals surface area contributed by atoms with Crippen molar-refractivity contribution in [1.29, 1.82) is 0 Å². The summed E-state index contributed by atoms with van der Waals surface area (Å²) < 4.78 is 7.32. The predicted octanol–water partition coefficient (Wildman–Crippen LogP) is 1.81. The third-order valence-electron chi connectivity index (χ3n) is 3.37. The highest BCUT2D eigenvalue weighted by atomic mass is 16.4. The van der Waals surface area contributed by atoms with Crippen LogP contribution < -0.4 is 10.2 Å². The van der Waals surface area contributed by atoms with Crippen LogP contribution in [-0.2, 0) is 18.3 Å². The van der Waals surface area contributed by atoms with Gasteiger partial charge in [-0.2, -0.15) is 0 Å². The van der Waals surface area contributed by atoms with Crippen LogP contribution >= 0.6 is 0 Å². The lowest BCUT2D eigenvalue weighted by molar-refractivity contribution is -0.115. The second-order valence-corrected chi connectivity index (χ2v) is 5.29. The molecule has 0 aliphatic heterocycles. The molecular weight excluding hydrogens is 282 g/mol. The normalized spacial score (nSPS) is 10.9. The lowest BCUT2D eigenvalue weighted by Crippen LogP contribution is -2.14. The SMILES string of the molecule is CN(C)c1nnc(NC(=O)Cc2cn(C)c3ccccc23)o1. The lowest BCUT2D eigenvalue weighted by atomic mass is 10.1. The van der Waals surface area contributed by atoms with E-state index in [2.05, 4.69) is 15.5 Å². The molecule has 22 heavy (non-hydrogen) atoms. The summed E-state index contributed by atoms with van der Waals surface area (Å²) in [6.07, 6.45) is 2.21. The first-order valence-electron chi connectivity index (χ1n) is 6.88. The minimum atomic E-state index is -0.190. The number of carbonyl (C=O) groups is 1. The van der Waals surface area contributed by atoms with Crippen molar-refractivity contribution in [3.05, 3.63) is 36.0 Å². The van der Waals surface area contributed by atoms with E-state index in [1.54, 1.807) is 19.0 Å². The molecule has 0 unspecified atom stereocenters. The molecule has 1 aromatic carbocycles. The number of para-hydroxylation sites is 1. The van der Waals surface area contributed by atoms with E-state index in [-0.39, 0.29) is 18.3 Å². The van der Waals surface area contributed by atoms with Crippen molar-refractivity contribution in [3.8, 4) is 0 Å². The van der Waals surface area contributed by atoms with Gasteiger partial charge >= 0.3 is 12.0 Å². The minimum Gasteiger partial charge on any atom is -0.389 e. The van der Waals surface area contributed by atoms with Crippen molar-refractivity contribution in [3.63, 3.8) is 0 Å². The molecule has 1 N–H and O–H groups in total. The largest absolute Gasteiger partial charge is 0.389 e. The fraction of sp³-hybridized carbons (Fsp3) is 0.267. The number of carbonyl (C=O) groups excluding carboxylic acids is 1. The first-order chi connectivity index (χ1) is 10.5. The Labute approximate surface area is 127 Å². The van der Waals surface area contributed by atoms with Crippen molar-refractivity contribution >= 4 is 28.8 Å². The van der Waals surface area contributed by atoms with E-state index in [1.807, 2.05) is 42.1 Å². The topological polar surface area (TPSA) is 76.2 Å². The monoisotopic (exact) mass is 299 g/mol. The maximum atomic E-state index is 12.2. The number of amides is 1. The minimum absolute atomic E-state index is 0.105. The molecule has 0 saturated carbocycles. The summed E-state index contributed by atoms with van der Waals surface area (Å²) in [6, 6.07) is 8.43. The van der Waals surface area contributed by atoms with Gasteiger partial charge in [0, 0.05) is 38.2 Å². The quantitative estimate of drug-likeness (QED) is 0.795. The Morgan fingerprint density at radius 1 is 1.32 bits per heavy atom. The van der Waals surface area contributed by atoms with Gasteiger partial charge in [0.1, 0.15) is 0 Å². The molecule has 0 aliphatic rings. The molecule has 0 spiro atoms.